The van der Waals surface area contributed by atoms with Gasteiger partial charge in [0.25, 0.3) is 0 Å². The summed E-state index contributed by atoms with van der Waals surface area (Å²) in [7, 11) is 0. The van der Waals surface area contributed by atoms with E-state index < -0.39 is 0 Å². The van der Waals surface area contributed by atoms with E-state index in [4.69, 9.17) is 0 Å². The Morgan fingerprint density at radius 1 is 1.23 bits per heavy atom. The molecule has 3 aromatic rings. The van der Waals surface area contributed by atoms with E-state index in [0.717, 1.165) is 35.6 Å². The molecule has 8 nitrogen and oxygen atoms in total. The van der Waals surface area contributed by atoms with E-state index in [9.17, 15) is 4.79 Å². The van der Waals surface area contributed by atoms with Crippen molar-refractivity contribution in [3.05, 3.63) is 53.7 Å². The average Bonchev–Trinajstić information content (AvgIpc) is 3.33. The second-order valence-electron chi connectivity index (χ2n) is 7.75. The molecule has 0 aliphatic carbocycles. The van der Waals surface area contributed by atoms with Gasteiger partial charge < -0.3 is 10.2 Å². The van der Waals surface area contributed by atoms with Gasteiger partial charge in [-0.2, -0.15) is 5.10 Å². The second-order valence-corrected chi connectivity index (χ2v) is 7.75. The molecule has 1 fully saturated rings. The van der Waals surface area contributed by atoms with Crippen LogP contribution in [0.1, 0.15) is 29.8 Å². The highest BCUT2D eigenvalue weighted by Crippen LogP contribution is 2.21. The molecule has 0 radical (unpaired) electrons. The molecule has 1 amide bonds. The van der Waals surface area contributed by atoms with Crippen molar-refractivity contribution >= 4 is 11.9 Å². The Bertz CT molecular complexity index is 1030. The van der Waals surface area contributed by atoms with E-state index in [0.29, 0.717) is 25.5 Å². The number of carbonyl (C=O) groups is 1. The van der Waals surface area contributed by atoms with Gasteiger partial charge in [0.05, 0.1) is 11.4 Å². The monoisotopic (exact) mass is 405 g/mol. The zero-order valence-electron chi connectivity index (χ0n) is 17.7. The number of rotatable bonds is 6. The highest BCUT2D eigenvalue weighted by atomic mass is 16.1. The number of hydrogen-bond acceptors (Lipinski definition) is 6. The summed E-state index contributed by atoms with van der Waals surface area (Å²) in [6, 6.07) is 5.86. The van der Waals surface area contributed by atoms with Crippen molar-refractivity contribution in [1.82, 2.24) is 30.0 Å². The number of amides is 1. The molecular weight excluding hydrogens is 378 g/mol. The Kier molecular flexibility index (Phi) is 5.74. The van der Waals surface area contributed by atoms with Crippen LogP contribution in [0.15, 0.2) is 36.8 Å². The van der Waals surface area contributed by atoms with Gasteiger partial charge in [0.15, 0.2) is 0 Å². The minimum atomic E-state index is 0.0529. The topological polar surface area (TPSA) is 88.8 Å². The van der Waals surface area contributed by atoms with Crippen LogP contribution in [0.4, 0.5) is 5.95 Å². The van der Waals surface area contributed by atoms with Crippen LogP contribution in [-0.4, -0.2) is 49.8 Å². The van der Waals surface area contributed by atoms with Crippen LogP contribution in [-0.2, 0) is 11.3 Å². The van der Waals surface area contributed by atoms with Gasteiger partial charge in [0.1, 0.15) is 0 Å². The van der Waals surface area contributed by atoms with E-state index in [2.05, 4.69) is 37.2 Å². The van der Waals surface area contributed by atoms with Gasteiger partial charge in [-0.05, 0) is 51.0 Å². The third-order valence-electron chi connectivity index (χ3n) is 5.73. The van der Waals surface area contributed by atoms with Gasteiger partial charge in [-0.3, -0.25) is 14.5 Å². The van der Waals surface area contributed by atoms with Crippen LogP contribution in [0.25, 0.3) is 11.3 Å². The van der Waals surface area contributed by atoms with Crippen molar-refractivity contribution in [3.8, 4) is 11.3 Å². The first-order chi connectivity index (χ1) is 14.5. The van der Waals surface area contributed by atoms with E-state index in [1.165, 1.54) is 5.56 Å². The Morgan fingerprint density at radius 2 is 2.10 bits per heavy atom. The average molecular weight is 406 g/mol. The minimum absolute atomic E-state index is 0.0529. The van der Waals surface area contributed by atoms with Crippen LogP contribution in [0.2, 0.25) is 0 Å². The lowest BCUT2D eigenvalue weighted by molar-refractivity contribution is -0.121. The number of nitrogens with one attached hydrogen (secondary N) is 1. The summed E-state index contributed by atoms with van der Waals surface area (Å²) in [6.45, 7) is 8.23. The molecule has 30 heavy (non-hydrogen) atoms. The first-order valence-corrected chi connectivity index (χ1v) is 10.3. The Balaban J connectivity index is 1.32. The van der Waals surface area contributed by atoms with Crippen molar-refractivity contribution in [3.63, 3.8) is 0 Å². The predicted octanol–water partition coefficient (Wildman–Crippen LogP) is 2.45. The highest BCUT2D eigenvalue weighted by molar-refractivity contribution is 5.76. The fraction of sp³-hybridized carbons (Fsp3) is 0.409. The first-order valence-electron chi connectivity index (χ1n) is 10.3. The Hall–Kier alpha value is -3.29. The molecule has 3 aromatic heterocycles. The molecule has 4 rings (SSSR count). The fourth-order valence-corrected chi connectivity index (χ4v) is 3.75. The van der Waals surface area contributed by atoms with Gasteiger partial charge in [-0.15, -0.1) is 0 Å². The maximum atomic E-state index is 12.4. The minimum Gasteiger partial charge on any atom is -0.351 e. The Labute approximate surface area is 176 Å². The Morgan fingerprint density at radius 3 is 2.83 bits per heavy atom. The van der Waals surface area contributed by atoms with Crippen molar-refractivity contribution < 1.29 is 4.79 Å². The van der Waals surface area contributed by atoms with Gasteiger partial charge in [0.2, 0.25) is 11.9 Å². The summed E-state index contributed by atoms with van der Waals surface area (Å²) >= 11 is 0. The largest absolute Gasteiger partial charge is 0.351 e. The molecular formula is C22H27N7O. The summed E-state index contributed by atoms with van der Waals surface area (Å²) in [5, 5.41) is 7.65. The molecule has 1 unspecified atom stereocenters. The molecule has 1 aliphatic heterocycles. The van der Waals surface area contributed by atoms with E-state index in [1.54, 1.807) is 18.6 Å². The van der Waals surface area contributed by atoms with Crippen molar-refractivity contribution in [2.45, 2.75) is 46.2 Å². The van der Waals surface area contributed by atoms with E-state index in [1.807, 2.05) is 36.7 Å². The number of aryl methyl sites for hydroxylation is 2. The quantitative estimate of drug-likeness (QED) is 0.678. The molecule has 0 spiro atoms. The van der Waals surface area contributed by atoms with Crippen LogP contribution in [0.5, 0.6) is 0 Å². The number of carbonyl (C=O) groups excluding carboxylic acids is 1. The lowest BCUT2D eigenvalue weighted by Crippen LogP contribution is -2.37. The first kappa shape index (κ1) is 20.0. The highest BCUT2D eigenvalue weighted by Gasteiger charge is 2.26. The SMILES string of the molecule is Cc1nn(CCC(=O)NC2CCN(c3nccc(-c4cccnc4)n3)C2)c(C)c1C. The zero-order chi connectivity index (χ0) is 21.1. The smallest absolute Gasteiger partial charge is 0.225 e. The fourth-order valence-electron chi connectivity index (χ4n) is 3.75. The molecule has 0 aromatic carbocycles. The maximum Gasteiger partial charge on any atom is 0.225 e. The van der Waals surface area contributed by atoms with Gasteiger partial charge in [-0.25, -0.2) is 9.97 Å². The van der Waals surface area contributed by atoms with Crippen LogP contribution >= 0.6 is 0 Å². The summed E-state index contributed by atoms with van der Waals surface area (Å²) in [5.74, 6) is 0.739. The van der Waals surface area contributed by atoms with Gasteiger partial charge in [0, 0.05) is 61.9 Å². The molecule has 0 bridgehead atoms. The van der Waals surface area contributed by atoms with Crippen molar-refractivity contribution in [1.29, 1.82) is 0 Å². The van der Waals surface area contributed by atoms with Crippen molar-refractivity contribution in [2.75, 3.05) is 18.0 Å². The van der Waals surface area contributed by atoms with Crippen LogP contribution in [0, 0.1) is 20.8 Å². The number of aromatic nitrogens is 5. The summed E-state index contributed by atoms with van der Waals surface area (Å²) in [5.41, 5.74) is 5.14. The molecule has 1 atom stereocenters. The second kappa shape index (κ2) is 8.61. The molecule has 0 saturated carbocycles. The molecule has 1 N–H and O–H groups in total. The van der Waals surface area contributed by atoms with E-state index >= 15 is 0 Å². The number of anilines is 1. The lowest BCUT2D eigenvalue weighted by atomic mass is 10.2. The van der Waals surface area contributed by atoms with Crippen molar-refractivity contribution in [2.24, 2.45) is 0 Å². The zero-order valence-corrected chi connectivity index (χ0v) is 17.7. The number of pyridine rings is 1. The third kappa shape index (κ3) is 4.32. The van der Waals surface area contributed by atoms with Crippen LogP contribution in [0.3, 0.4) is 0 Å². The summed E-state index contributed by atoms with van der Waals surface area (Å²) < 4.78 is 1.92. The lowest BCUT2D eigenvalue weighted by Gasteiger charge is -2.17. The van der Waals surface area contributed by atoms with Crippen LogP contribution < -0.4 is 10.2 Å². The number of nitrogens with zero attached hydrogens (tertiary/aromatic N) is 6. The molecule has 8 heteroatoms. The predicted molar refractivity (Wildman–Crippen MR) is 115 cm³/mol. The molecule has 156 valence electrons. The van der Waals surface area contributed by atoms with Gasteiger partial charge in [-0.1, -0.05) is 0 Å². The third-order valence-corrected chi connectivity index (χ3v) is 5.73. The number of hydrogen-bond donors (Lipinski definition) is 1. The summed E-state index contributed by atoms with van der Waals surface area (Å²) in [6.07, 6.45) is 6.61. The standard InChI is InChI=1S/C22H27N7O/c1-15-16(2)27-29(17(15)3)12-8-21(30)25-19-7-11-28(14-19)22-24-10-6-20(26-22)18-5-4-9-23-13-18/h4-6,9-10,13,19H,7-8,11-12,14H2,1-3H3,(H,25,30). The van der Waals surface area contributed by atoms with E-state index in [-0.39, 0.29) is 11.9 Å². The molecule has 1 aliphatic rings. The maximum absolute atomic E-state index is 12.4. The molecule has 4 heterocycles. The van der Waals surface area contributed by atoms with Gasteiger partial charge >= 0.3 is 0 Å². The normalized spacial score (nSPS) is 16.1. The summed E-state index contributed by atoms with van der Waals surface area (Å²) in [4.78, 5) is 27.8. The molecule has 1 saturated heterocycles.